The second-order valence-electron chi connectivity index (χ2n) is 10.6. The van der Waals surface area contributed by atoms with Crippen LogP contribution in [0.4, 0.5) is 56.6 Å². The molecular formula is C33H26F9N. The minimum Gasteiger partial charge on any atom is -0.304 e. The molecule has 0 aromatic heterocycles. The summed E-state index contributed by atoms with van der Waals surface area (Å²) in [6.45, 7) is 4.06. The minimum atomic E-state index is -2.60. The van der Waals surface area contributed by atoms with Gasteiger partial charge in [0.15, 0.2) is 46.5 Å². The number of para-hydroxylation sites is 2. The lowest BCUT2D eigenvalue weighted by molar-refractivity contribution is 0.379. The number of halogens is 9. The van der Waals surface area contributed by atoms with E-state index in [9.17, 15) is 22.0 Å². The third-order valence-electron chi connectivity index (χ3n) is 8.16. The van der Waals surface area contributed by atoms with Crippen LogP contribution in [-0.4, -0.2) is 0 Å². The van der Waals surface area contributed by atoms with Gasteiger partial charge in [-0.2, -0.15) is 0 Å². The molecule has 0 unspecified atom stereocenters. The summed E-state index contributed by atoms with van der Waals surface area (Å²) in [5.41, 5.74) is -4.21. The molecule has 1 nitrogen and oxygen atoms in total. The molecule has 1 aliphatic heterocycles. The lowest BCUT2D eigenvalue weighted by atomic mass is 9.65. The van der Waals surface area contributed by atoms with Crippen LogP contribution in [0, 0.1) is 52.4 Å². The van der Waals surface area contributed by atoms with E-state index in [4.69, 9.17) is 0 Å². The monoisotopic (exact) mass is 607 g/mol. The summed E-state index contributed by atoms with van der Waals surface area (Å²) in [5, 5.41) is 0. The van der Waals surface area contributed by atoms with E-state index in [1.54, 1.807) is 48.5 Å². The molecule has 4 aromatic carbocycles. The maximum Gasteiger partial charge on any atom is 0.200 e. The molecule has 0 bridgehead atoms. The Balaban J connectivity index is 1.83. The molecule has 1 aliphatic rings. The van der Waals surface area contributed by atoms with Crippen molar-refractivity contribution in [3.8, 4) is 11.1 Å². The molecule has 0 saturated heterocycles. The van der Waals surface area contributed by atoms with Crippen LogP contribution in [0.3, 0.4) is 0 Å². The van der Waals surface area contributed by atoms with Gasteiger partial charge in [-0.1, -0.05) is 75.9 Å². The van der Waals surface area contributed by atoms with Gasteiger partial charge in [0.05, 0.1) is 22.5 Å². The maximum atomic E-state index is 16.0. The quantitative estimate of drug-likeness (QED) is 0.109. The summed E-state index contributed by atoms with van der Waals surface area (Å²) in [4.78, 5) is 1.000. The van der Waals surface area contributed by atoms with E-state index in [0.717, 1.165) is 30.6 Å². The Morgan fingerprint density at radius 2 is 0.837 bits per heavy atom. The van der Waals surface area contributed by atoms with Crippen LogP contribution >= 0.6 is 0 Å². The zero-order chi connectivity index (χ0) is 31.2. The number of hydrogen-bond acceptors (Lipinski definition) is 1. The van der Waals surface area contributed by atoms with Gasteiger partial charge in [-0.3, -0.25) is 0 Å². The van der Waals surface area contributed by atoms with Crippen LogP contribution in [0.2, 0.25) is 0 Å². The molecule has 0 aliphatic carbocycles. The SMILES string of the molecule is CCCCC1(CCCC)c2ccccc2N(c2c(F)c(F)c(-c3c(F)c(F)c(F)c(F)c3F)c(F)c2F)c2ccccc21. The first kappa shape index (κ1) is 30.5. The third kappa shape index (κ3) is 4.57. The molecule has 5 rings (SSSR count). The first-order chi connectivity index (χ1) is 20.5. The van der Waals surface area contributed by atoms with Crippen molar-refractivity contribution in [2.45, 2.75) is 57.8 Å². The highest BCUT2D eigenvalue weighted by Crippen LogP contribution is 2.57. The van der Waals surface area contributed by atoms with Crippen LogP contribution in [-0.2, 0) is 5.41 Å². The second-order valence-corrected chi connectivity index (χ2v) is 10.6. The van der Waals surface area contributed by atoms with Crippen molar-refractivity contribution in [1.82, 2.24) is 0 Å². The highest BCUT2D eigenvalue weighted by molar-refractivity contribution is 5.87. The van der Waals surface area contributed by atoms with Crippen molar-refractivity contribution in [2.75, 3.05) is 4.90 Å². The Bertz CT molecular complexity index is 1600. The standard InChI is InChI=1S/C33H26F9N/c1-3-5-15-33(16-6-4-2)17-11-7-9-13-19(17)43(20-14-10-8-12-18(20)33)32-30(41)25(36)22(26(37)31(32)42)21-23(34)27(38)29(40)28(39)24(21)35/h7-14H,3-6,15-16H2,1-2H3. The fraction of sp³-hybridized carbons (Fsp3) is 0.273. The lowest BCUT2D eigenvalue weighted by Crippen LogP contribution is -2.36. The summed E-state index contributed by atoms with van der Waals surface area (Å²) in [6, 6.07) is 13.3. The lowest BCUT2D eigenvalue weighted by Gasteiger charge is -2.46. The first-order valence-corrected chi connectivity index (χ1v) is 13.9. The third-order valence-corrected chi connectivity index (χ3v) is 8.16. The van der Waals surface area contributed by atoms with Crippen LogP contribution in [0.15, 0.2) is 48.5 Å². The van der Waals surface area contributed by atoms with Crippen LogP contribution < -0.4 is 4.90 Å². The van der Waals surface area contributed by atoms with Gasteiger partial charge in [-0.25, -0.2) is 39.5 Å². The normalized spacial score (nSPS) is 13.7. The summed E-state index contributed by atoms with van der Waals surface area (Å²) in [5.74, 6) is -21.7. The van der Waals surface area contributed by atoms with Gasteiger partial charge >= 0.3 is 0 Å². The smallest absolute Gasteiger partial charge is 0.200 e. The van der Waals surface area contributed by atoms with Gasteiger partial charge in [-0.05, 0) is 36.1 Å². The van der Waals surface area contributed by atoms with Crippen molar-refractivity contribution in [3.05, 3.63) is 112 Å². The summed E-state index contributed by atoms with van der Waals surface area (Å²) >= 11 is 0. The van der Waals surface area contributed by atoms with Gasteiger partial charge in [0, 0.05) is 5.41 Å². The molecule has 0 atom stereocenters. The molecule has 4 aromatic rings. The molecule has 10 heteroatoms. The first-order valence-electron chi connectivity index (χ1n) is 13.9. The molecule has 0 fully saturated rings. The number of fused-ring (bicyclic) bond motifs is 2. The Labute approximate surface area is 242 Å². The molecule has 0 N–H and O–H groups in total. The van der Waals surface area contributed by atoms with E-state index in [1.807, 2.05) is 13.8 Å². The average Bonchev–Trinajstić information content (AvgIpc) is 3.02. The highest BCUT2D eigenvalue weighted by atomic mass is 19.2. The fourth-order valence-corrected chi connectivity index (χ4v) is 6.14. The second kappa shape index (κ2) is 11.6. The van der Waals surface area contributed by atoms with E-state index >= 15 is 17.6 Å². The van der Waals surface area contributed by atoms with E-state index < -0.39 is 74.6 Å². The number of rotatable bonds is 8. The highest BCUT2D eigenvalue weighted by Gasteiger charge is 2.45. The van der Waals surface area contributed by atoms with E-state index in [0.29, 0.717) is 24.0 Å². The summed E-state index contributed by atoms with van der Waals surface area (Å²) in [6.07, 6.45) is 4.71. The molecule has 1 heterocycles. The zero-order valence-electron chi connectivity index (χ0n) is 23.2. The van der Waals surface area contributed by atoms with Gasteiger partial charge in [0.25, 0.3) is 0 Å². The number of anilines is 3. The molecule has 0 radical (unpaired) electrons. The number of hydrogen-bond donors (Lipinski definition) is 0. The van der Waals surface area contributed by atoms with Gasteiger partial charge in [0.2, 0.25) is 5.82 Å². The number of unbranched alkanes of at least 4 members (excludes halogenated alkanes) is 2. The Hall–Kier alpha value is -3.95. The van der Waals surface area contributed by atoms with Crippen molar-refractivity contribution in [2.24, 2.45) is 0 Å². The molecule has 0 amide bonds. The van der Waals surface area contributed by atoms with Crippen LogP contribution in [0.5, 0.6) is 0 Å². The maximum absolute atomic E-state index is 16.0. The summed E-state index contributed by atoms with van der Waals surface area (Å²) < 4.78 is 134. The largest absolute Gasteiger partial charge is 0.304 e. The minimum absolute atomic E-state index is 0.231. The Morgan fingerprint density at radius 1 is 0.488 bits per heavy atom. The van der Waals surface area contributed by atoms with E-state index in [2.05, 4.69) is 0 Å². The average molecular weight is 608 g/mol. The van der Waals surface area contributed by atoms with Crippen molar-refractivity contribution in [3.63, 3.8) is 0 Å². The predicted octanol–water partition coefficient (Wildman–Crippen LogP) is 11.1. The van der Waals surface area contributed by atoms with Crippen molar-refractivity contribution in [1.29, 1.82) is 0 Å². The number of nitrogens with zero attached hydrogens (tertiary/aromatic N) is 1. The van der Waals surface area contributed by atoms with Gasteiger partial charge < -0.3 is 4.90 Å². The summed E-state index contributed by atoms with van der Waals surface area (Å²) in [7, 11) is 0. The van der Waals surface area contributed by atoms with Crippen molar-refractivity contribution >= 4 is 17.1 Å². The van der Waals surface area contributed by atoms with E-state index in [1.165, 1.54) is 0 Å². The van der Waals surface area contributed by atoms with Crippen molar-refractivity contribution < 1.29 is 39.5 Å². The molecule has 226 valence electrons. The molecular weight excluding hydrogens is 581 g/mol. The van der Waals surface area contributed by atoms with Gasteiger partial charge in [-0.15, -0.1) is 0 Å². The van der Waals surface area contributed by atoms with E-state index in [-0.39, 0.29) is 11.4 Å². The topological polar surface area (TPSA) is 3.24 Å². The van der Waals surface area contributed by atoms with Crippen LogP contribution in [0.1, 0.15) is 63.5 Å². The molecule has 43 heavy (non-hydrogen) atoms. The number of benzene rings is 4. The predicted molar refractivity (Wildman–Crippen MR) is 146 cm³/mol. The molecule has 0 spiro atoms. The Kier molecular flexibility index (Phi) is 8.24. The Morgan fingerprint density at radius 3 is 1.23 bits per heavy atom. The zero-order valence-corrected chi connectivity index (χ0v) is 23.2. The fourth-order valence-electron chi connectivity index (χ4n) is 6.14. The van der Waals surface area contributed by atoms with Crippen LogP contribution in [0.25, 0.3) is 11.1 Å². The molecule has 0 saturated carbocycles. The van der Waals surface area contributed by atoms with Gasteiger partial charge in [0.1, 0.15) is 5.69 Å².